The van der Waals surface area contributed by atoms with Crippen LogP contribution in [0.15, 0.2) is 17.3 Å². The van der Waals surface area contributed by atoms with Crippen molar-refractivity contribution in [3.05, 3.63) is 23.4 Å². The van der Waals surface area contributed by atoms with Gasteiger partial charge in [-0.05, 0) is 30.5 Å². The summed E-state index contributed by atoms with van der Waals surface area (Å²) in [7, 11) is 0. The summed E-state index contributed by atoms with van der Waals surface area (Å²) in [6.07, 6.45) is 3.10. The normalized spacial score (nSPS) is 15.3. The minimum atomic E-state index is 1.21. The molecule has 2 heteroatoms. The molecule has 1 aromatic heterocycles. The van der Waals surface area contributed by atoms with Gasteiger partial charge in [0.2, 0.25) is 0 Å². The lowest BCUT2D eigenvalue weighted by molar-refractivity contribution is 1.02. The van der Waals surface area contributed by atoms with Crippen LogP contribution >= 0.6 is 11.8 Å². The molecule has 0 aromatic carbocycles. The Morgan fingerprint density at radius 3 is 3.30 bits per heavy atom. The summed E-state index contributed by atoms with van der Waals surface area (Å²) in [4.78, 5) is 4.28. The molecule has 10 heavy (non-hydrogen) atoms. The van der Waals surface area contributed by atoms with Crippen LogP contribution in [-0.4, -0.2) is 10.7 Å². The maximum absolute atomic E-state index is 4.28. The highest BCUT2D eigenvalue weighted by atomic mass is 32.2. The van der Waals surface area contributed by atoms with E-state index >= 15 is 0 Å². The Hall–Kier alpha value is -0.500. The third-order valence-corrected chi connectivity index (χ3v) is 2.87. The Morgan fingerprint density at radius 2 is 2.50 bits per heavy atom. The number of fused-ring (bicyclic) bond motifs is 1. The van der Waals surface area contributed by atoms with Gasteiger partial charge in [-0.25, -0.2) is 4.98 Å². The van der Waals surface area contributed by atoms with Gasteiger partial charge in [0.15, 0.2) is 0 Å². The van der Waals surface area contributed by atoms with E-state index in [1.54, 1.807) is 0 Å². The molecule has 0 amide bonds. The van der Waals surface area contributed by atoms with Crippen LogP contribution in [0.2, 0.25) is 0 Å². The molecule has 1 aliphatic rings. The lowest BCUT2D eigenvalue weighted by Gasteiger charge is -1.98. The first-order valence-electron chi connectivity index (χ1n) is 3.45. The van der Waals surface area contributed by atoms with Crippen LogP contribution in [0.4, 0.5) is 0 Å². The number of rotatable bonds is 0. The molecule has 0 saturated carbocycles. The van der Waals surface area contributed by atoms with E-state index in [-0.39, 0.29) is 0 Å². The highest BCUT2D eigenvalue weighted by molar-refractivity contribution is 7.99. The van der Waals surface area contributed by atoms with E-state index in [4.69, 9.17) is 0 Å². The van der Waals surface area contributed by atoms with Crippen molar-refractivity contribution in [1.82, 2.24) is 4.98 Å². The van der Waals surface area contributed by atoms with E-state index < -0.39 is 0 Å². The van der Waals surface area contributed by atoms with Crippen molar-refractivity contribution >= 4 is 11.8 Å². The molecule has 0 spiro atoms. The minimum Gasteiger partial charge on any atom is -0.250 e. The van der Waals surface area contributed by atoms with E-state index in [0.29, 0.717) is 0 Å². The van der Waals surface area contributed by atoms with Crippen LogP contribution in [0, 0.1) is 6.92 Å². The molecule has 52 valence electrons. The summed E-state index contributed by atoms with van der Waals surface area (Å²) < 4.78 is 0. The lowest BCUT2D eigenvalue weighted by Crippen LogP contribution is -1.87. The third-order valence-electron chi connectivity index (χ3n) is 1.84. The Morgan fingerprint density at radius 1 is 1.60 bits per heavy atom. The van der Waals surface area contributed by atoms with Crippen LogP contribution in [-0.2, 0) is 6.42 Å². The Balaban J connectivity index is 2.59. The first-order valence-corrected chi connectivity index (χ1v) is 4.44. The van der Waals surface area contributed by atoms with E-state index in [9.17, 15) is 0 Å². The van der Waals surface area contributed by atoms with Crippen LogP contribution in [0.3, 0.4) is 0 Å². The number of pyridine rings is 1. The molecule has 1 nitrogen and oxygen atoms in total. The smallest absolute Gasteiger partial charge is 0.0994 e. The number of aryl methyl sites for hydroxylation is 1. The zero-order valence-electron chi connectivity index (χ0n) is 5.92. The number of aromatic nitrogens is 1. The van der Waals surface area contributed by atoms with Gasteiger partial charge >= 0.3 is 0 Å². The number of nitrogens with zero attached hydrogens (tertiary/aromatic N) is 1. The second-order valence-electron chi connectivity index (χ2n) is 2.51. The fourth-order valence-corrected chi connectivity index (χ4v) is 2.31. The number of hydrogen-bond donors (Lipinski definition) is 0. The molecule has 0 unspecified atom stereocenters. The van der Waals surface area contributed by atoms with Crippen molar-refractivity contribution in [1.29, 1.82) is 0 Å². The summed E-state index contributed by atoms with van der Waals surface area (Å²) in [6, 6.07) is 2.09. The molecule has 1 aliphatic heterocycles. The van der Waals surface area contributed by atoms with Gasteiger partial charge in [-0.15, -0.1) is 11.8 Å². The topological polar surface area (TPSA) is 12.9 Å². The number of thioether (sulfide) groups is 1. The molecular formula is C8H9NS. The fraction of sp³-hybridized carbons (Fsp3) is 0.375. The number of hydrogen-bond acceptors (Lipinski definition) is 2. The maximum Gasteiger partial charge on any atom is 0.0994 e. The first-order chi connectivity index (χ1) is 4.88. The highest BCUT2D eigenvalue weighted by Crippen LogP contribution is 2.30. The molecule has 0 radical (unpaired) electrons. The van der Waals surface area contributed by atoms with Crippen molar-refractivity contribution < 1.29 is 0 Å². The van der Waals surface area contributed by atoms with E-state index in [1.807, 2.05) is 18.0 Å². The Bertz CT molecular complexity index is 257. The largest absolute Gasteiger partial charge is 0.250 e. The summed E-state index contributed by atoms with van der Waals surface area (Å²) in [5.74, 6) is 1.22. The quantitative estimate of drug-likeness (QED) is 0.562. The van der Waals surface area contributed by atoms with Gasteiger partial charge in [-0.2, -0.15) is 0 Å². The SMILES string of the molecule is Cc1ccnc2c1CCS2. The van der Waals surface area contributed by atoms with Gasteiger partial charge in [0.25, 0.3) is 0 Å². The molecule has 0 atom stereocenters. The molecule has 0 aliphatic carbocycles. The van der Waals surface area contributed by atoms with Crippen LogP contribution < -0.4 is 0 Å². The van der Waals surface area contributed by atoms with Crippen LogP contribution in [0.1, 0.15) is 11.1 Å². The predicted molar refractivity (Wildman–Crippen MR) is 43.4 cm³/mol. The molecule has 0 fully saturated rings. The van der Waals surface area contributed by atoms with Gasteiger partial charge in [-0.1, -0.05) is 0 Å². The highest BCUT2D eigenvalue weighted by Gasteiger charge is 2.13. The van der Waals surface area contributed by atoms with Crippen molar-refractivity contribution in [2.75, 3.05) is 5.75 Å². The standard InChI is InChI=1S/C8H9NS/c1-6-2-4-9-8-7(6)3-5-10-8/h2,4H,3,5H2,1H3. The fourth-order valence-electron chi connectivity index (χ4n) is 1.24. The molecule has 0 bridgehead atoms. The summed E-state index contributed by atoms with van der Waals surface area (Å²) in [5, 5.41) is 1.25. The van der Waals surface area contributed by atoms with E-state index in [0.717, 1.165) is 0 Å². The third kappa shape index (κ3) is 0.833. The molecule has 1 aromatic rings. The van der Waals surface area contributed by atoms with Crippen molar-refractivity contribution in [3.63, 3.8) is 0 Å². The monoisotopic (exact) mass is 151 g/mol. The first kappa shape index (κ1) is 6.23. The summed E-state index contributed by atoms with van der Waals surface area (Å²) >= 11 is 1.87. The van der Waals surface area contributed by atoms with Crippen LogP contribution in [0.5, 0.6) is 0 Å². The van der Waals surface area contributed by atoms with Gasteiger partial charge in [0.05, 0.1) is 5.03 Å². The minimum absolute atomic E-state index is 1.21. The zero-order valence-corrected chi connectivity index (χ0v) is 6.74. The second-order valence-corrected chi connectivity index (χ2v) is 3.59. The Kier molecular flexibility index (Phi) is 1.42. The average molecular weight is 151 g/mol. The lowest BCUT2D eigenvalue weighted by atomic mass is 10.1. The predicted octanol–water partition coefficient (Wildman–Crippen LogP) is 2.04. The molecule has 0 saturated heterocycles. The summed E-state index contributed by atoms with van der Waals surface area (Å²) in [5.41, 5.74) is 2.86. The molecular weight excluding hydrogens is 142 g/mol. The molecule has 2 rings (SSSR count). The van der Waals surface area contributed by atoms with Gasteiger partial charge in [0, 0.05) is 11.9 Å². The van der Waals surface area contributed by atoms with Crippen molar-refractivity contribution in [2.24, 2.45) is 0 Å². The van der Waals surface area contributed by atoms with E-state index in [1.165, 1.54) is 28.3 Å². The van der Waals surface area contributed by atoms with Gasteiger partial charge in [0.1, 0.15) is 0 Å². The molecule has 0 N–H and O–H groups in total. The van der Waals surface area contributed by atoms with Crippen LogP contribution in [0.25, 0.3) is 0 Å². The second kappa shape index (κ2) is 2.27. The Labute approximate surface area is 64.9 Å². The average Bonchev–Trinajstić information content (AvgIpc) is 2.36. The zero-order chi connectivity index (χ0) is 6.97. The van der Waals surface area contributed by atoms with E-state index in [2.05, 4.69) is 18.0 Å². The summed E-state index contributed by atoms with van der Waals surface area (Å²) in [6.45, 7) is 2.16. The maximum atomic E-state index is 4.28. The van der Waals surface area contributed by atoms with Crippen molar-refractivity contribution in [2.45, 2.75) is 18.4 Å². The van der Waals surface area contributed by atoms with Gasteiger partial charge < -0.3 is 0 Å². The van der Waals surface area contributed by atoms with Crippen molar-refractivity contribution in [3.8, 4) is 0 Å². The molecule has 2 heterocycles. The van der Waals surface area contributed by atoms with Gasteiger partial charge in [-0.3, -0.25) is 0 Å².